The first-order chi connectivity index (χ1) is 2.56. The fourth-order valence-electron chi connectivity index (χ4n) is 0. The molecule has 0 aliphatic heterocycles. The van der Waals surface area contributed by atoms with Crippen LogP contribution in [0.15, 0.2) is 0 Å². The van der Waals surface area contributed by atoms with Crippen LogP contribution in [0.1, 0.15) is 22.2 Å². The fourth-order valence-corrected chi connectivity index (χ4v) is 0. The highest BCUT2D eigenvalue weighted by atomic mass is 14.9. The molecule has 0 fully saturated rings. The first kappa shape index (κ1) is 5.96. The topological polar surface area (TPSA) is 12.0 Å². The molecule has 6 heavy (non-hydrogen) atoms. The number of rotatable bonds is 0. The summed E-state index contributed by atoms with van der Waals surface area (Å²) in [6.07, 6.45) is 0. The summed E-state index contributed by atoms with van der Waals surface area (Å²) < 4.78 is 0. The van der Waals surface area contributed by atoms with E-state index in [4.69, 9.17) is 0 Å². The number of hydrogen-bond donors (Lipinski definition) is 1. The second-order valence-electron chi connectivity index (χ2n) is 2.50. The maximum absolute atomic E-state index is 3.10. The van der Waals surface area contributed by atoms with E-state index in [-0.39, 0.29) is 1.43 Å². The van der Waals surface area contributed by atoms with Crippen molar-refractivity contribution >= 4 is 0 Å². The lowest BCUT2D eigenvalue weighted by atomic mass is 10.1. The van der Waals surface area contributed by atoms with Crippen LogP contribution in [0.25, 0.3) is 0 Å². The van der Waals surface area contributed by atoms with Gasteiger partial charge in [-0.1, -0.05) is 0 Å². The van der Waals surface area contributed by atoms with Crippen molar-refractivity contribution in [3.8, 4) is 0 Å². The SMILES string of the molecule is CNC(C)(C)C.[HH]. The van der Waals surface area contributed by atoms with Crippen molar-refractivity contribution in [2.75, 3.05) is 7.05 Å². The van der Waals surface area contributed by atoms with Crippen LogP contribution in [0.2, 0.25) is 0 Å². The summed E-state index contributed by atoms with van der Waals surface area (Å²) in [5.74, 6) is 0. The Balaban J connectivity index is 0. The Kier molecular flexibility index (Phi) is 1.59. The lowest BCUT2D eigenvalue weighted by molar-refractivity contribution is 0.469. The van der Waals surface area contributed by atoms with Gasteiger partial charge in [0, 0.05) is 6.97 Å². The molecule has 0 aromatic rings. The predicted octanol–water partition coefficient (Wildman–Crippen LogP) is 1.25. The van der Waals surface area contributed by atoms with E-state index < -0.39 is 0 Å². The smallest absolute Gasteiger partial charge is 0.00935 e. The van der Waals surface area contributed by atoms with E-state index >= 15 is 0 Å². The van der Waals surface area contributed by atoms with Crippen LogP contribution in [0.5, 0.6) is 0 Å². The van der Waals surface area contributed by atoms with Gasteiger partial charge in [-0.3, -0.25) is 0 Å². The monoisotopic (exact) mass is 89.1 g/mol. The van der Waals surface area contributed by atoms with Crippen molar-refractivity contribution < 1.29 is 1.43 Å². The van der Waals surface area contributed by atoms with Crippen molar-refractivity contribution in [3.05, 3.63) is 0 Å². The number of nitrogens with one attached hydrogen (secondary N) is 1. The molecular formula is C5H15N. The molecular weight excluding hydrogens is 74.1 g/mol. The van der Waals surface area contributed by atoms with Crippen LogP contribution in [0.4, 0.5) is 0 Å². The van der Waals surface area contributed by atoms with Gasteiger partial charge in [-0.2, -0.15) is 0 Å². The average Bonchev–Trinajstić information content (AvgIpc) is 1.35. The van der Waals surface area contributed by atoms with Gasteiger partial charge in [-0.15, -0.1) is 0 Å². The maximum atomic E-state index is 3.10. The minimum Gasteiger partial charge on any atom is -0.315 e. The highest BCUT2D eigenvalue weighted by Crippen LogP contribution is 1.93. The van der Waals surface area contributed by atoms with Gasteiger partial charge in [-0.05, 0) is 27.8 Å². The lowest BCUT2D eigenvalue weighted by Crippen LogP contribution is -2.31. The zero-order valence-corrected chi connectivity index (χ0v) is 5.00. The van der Waals surface area contributed by atoms with E-state index in [1.165, 1.54) is 0 Å². The van der Waals surface area contributed by atoms with Gasteiger partial charge in [0.2, 0.25) is 0 Å². The first-order valence-corrected chi connectivity index (χ1v) is 2.25. The van der Waals surface area contributed by atoms with Gasteiger partial charge < -0.3 is 5.32 Å². The third-order valence-corrected chi connectivity index (χ3v) is 0.750. The third-order valence-electron chi connectivity index (χ3n) is 0.750. The molecule has 0 saturated heterocycles. The molecule has 0 aromatic heterocycles. The predicted molar refractivity (Wildman–Crippen MR) is 30.9 cm³/mol. The summed E-state index contributed by atoms with van der Waals surface area (Å²) in [5, 5.41) is 3.10. The van der Waals surface area contributed by atoms with Gasteiger partial charge >= 0.3 is 0 Å². The summed E-state index contributed by atoms with van der Waals surface area (Å²) in [7, 11) is 1.96. The van der Waals surface area contributed by atoms with E-state index in [2.05, 4.69) is 26.1 Å². The summed E-state index contributed by atoms with van der Waals surface area (Å²) >= 11 is 0. The third kappa shape index (κ3) is 3.96. The number of hydrogen-bond acceptors (Lipinski definition) is 1. The summed E-state index contributed by atoms with van der Waals surface area (Å²) in [6, 6.07) is 0. The Hall–Kier alpha value is -0.0400. The van der Waals surface area contributed by atoms with Gasteiger partial charge in [0.05, 0.1) is 0 Å². The zero-order chi connectivity index (χ0) is 5.21. The lowest BCUT2D eigenvalue weighted by Gasteiger charge is -2.15. The molecule has 1 N–H and O–H groups in total. The molecule has 0 rings (SSSR count). The molecule has 40 valence electrons. The highest BCUT2D eigenvalue weighted by molar-refractivity contribution is 4.65. The Morgan fingerprint density at radius 3 is 1.50 bits per heavy atom. The van der Waals surface area contributed by atoms with Crippen LogP contribution in [0.3, 0.4) is 0 Å². The molecule has 0 unspecified atom stereocenters. The molecule has 1 nitrogen and oxygen atoms in total. The quantitative estimate of drug-likeness (QED) is 0.471. The van der Waals surface area contributed by atoms with E-state index in [0.29, 0.717) is 5.54 Å². The molecule has 0 aliphatic rings. The highest BCUT2D eigenvalue weighted by Gasteiger charge is 2.01. The van der Waals surface area contributed by atoms with Crippen LogP contribution in [-0.2, 0) is 0 Å². The molecule has 0 bridgehead atoms. The molecule has 0 heterocycles. The van der Waals surface area contributed by atoms with Crippen molar-refractivity contribution in [2.45, 2.75) is 26.3 Å². The zero-order valence-electron chi connectivity index (χ0n) is 5.00. The molecule has 0 aliphatic carbocycles. The van der Waals surface area contributed by atoms with Crippen LogP contribution in [-0.4, -0.2) is 12.6 Å². The van der Waals surface area contributed by atoms with Crippen molar-refractivity contribution in [2.24, 2.45) is 0 Å². The van der Waals surface area contributed by atoms with Crippen molar-refractivity contribution in [1.82, 2.24) is 5.32 Å². The fraction of sp³-hybridized carbons (Fsp3) is 1.00. The van der Waals surface area contributed by atoms with E-state index in [1.807, 2.05) is 7.05 Å². The van der Waals surface area contributed by atoms with Crippen LogP contribution < -0.4 is 5.32 Å². The molecule has 0 aromatic carbocycles. The standard InChI is InChI=1S/C5H13N.H2/c1-5(2,3)6-4;/h6H,1-4H3;1H. The Labute approximate surface area is 41.2 Å². The molecule has 0 amide bonds. The van der Waals surface area contributed by atoms with Crippen LogP contribution >= 0.6 is 0 Å². The largest absolute Gasteiger partial charge is 0.315 e. The molecule has 0 saturated carbocycles. The van der Waals surface area contributed by atoms with Crippen LogP contribution in [0, 0.1) is 0 Å². The first-order valence-electron chi connectivity index (χ1n) is 2.25. The van der Waals surface area contributed by atoms with E-state index in [9.17, 15) is 0 Å². The minimum atomic E-state index is 0. The second kappa shape index (κ2) is 1.61. The molecule has 0 radical (unpaired) electrons. The van der Waals surface area contributed by atoms with E-state index in [0.717, 1.165) is 0 Å². The summed E-state index contributed by atoms with van der Waals surface area (Å²) in [4.78, 5) is 0. The Morgan fingerprint density at radius 2 is 1.50 bits per heavy atom. The normalized spacial score (nSPS) is 12.0. The van der Waals surface area contributed by atoms with Crippen molar-refractivity contribution in [1.29, 1.82) is 0 Å². The van der Waals surface area contributed by atoms with Gasteiger partial charge in [0.25, 0.3) is 0 Å². The second-order valence-corrected chi connectivity index (χ2v) is 2.50. The molecule has 1 heteroatoms. The van der Waals surface area contributed by atoms with Crippen molar-refractivity contribution in [3.63, 3.8) is 0 Å². The molecule has 0 spiro atoms. The van der Waals surface area contributed by atoms with Gasteiger partial charge in [0.1, 0.15) is 0 Å². The van der Waals surface area contributed by atoms with Gasteiger partial charge in [-0.25, -0.2) is 0 Å². The summed E-state index contributed by atoms with van der Waals surface area (Å²) in [6.45, 7) is 6.40. The maximum Gasteiger partial charge on any atom is 0.00935 e. The minimum absolute atomic E-state index is 0. The summed E-state index contributed by atoms with van der Waals surface area (Å²) in [5.41, 5.74) is 0.292. The van der Waals surface area contributed by atoms with E-state index in [1.54, 1.807) is 0 Å². The Morgan fingerprint density at radius 1 is 1.33 bits per heavy atom. The Bertz CT molecular complexity index is 37.8. The molecule has 0 atom stereocenters. The average molecular weight is 89.2 g/mol. The van der Waals surface area contributed by atoms with Gasteiger partial charge in [0.15, 0.2) is 0 Å².